The maximum Gasteiger partial charge on any atom is 0.422 e. The lowest BCUT2D eigenvalue weighted by atomic mass is 10.3. The predicted molar refractivity (Wildman–Crippen MR) is 76.6 cm³/mol. The van der Waals surface area contributed by atoms with Crippen molar-refractivity contribution in [2.45, 2.75) is 6.92 Å². The maximum atomic E-state index is 11.6. The van der Waals surface area contributed by atoms with Crippen LogP contribution in [0.25, 0.3) is 0 Å². The smallest absolute Gasteiger partial charge is 0.422 e. The molecule has 9 nitrogen and oxygen atoms in total. The molecule has 0 aliphatic rings. The molecule has 116 valence electrons. The summed E-state index contributed by atoms with van der Waals surface area (Å²) >= 11 is 0. The second kappa shape index (κ2) is 7.33. The van der Waals surface area contributed by atoms with Crippen molar-refractivity contribution in [2.24, 2.45) is 5.73 Å². The van der Waals surface area contributed by atoms with E-state index in [2.05, 4.69) is 9.46 Å². The molecule has 0 fully saturated rings. The Labute approximate surface area is 122 Å². The second-order valence-corrected chi connectivity index (χ2v) is 5.18. The van der Waals surface area contributed by atoms with Crippen molar-refractivity contribution in [3.05, 3.63) is 24.3 Å². The number of nitrogens with one attached hydrogen (secondary N) is 3. The average Bonchev–Trinajstić information content (AvgIpc) is 2.35. The fourth-order valence-electron chi connectivity index (χ4n) is 1.26. The molecule has 21 heavy (non-hydrogen) atoms. The van der Waals surface area contributed by atoms with Gasteiger partial charge < -0.3 is 15.2 Å². The van der Waals surface area contributed by atoms with Crippen molar-refractivity contribution < 1.29 is 22.7 Å². The van der Waals surface area contributed by atoms with E-state index in [4.69, 9.17) is 15.9 Å². The first-order valence-corrected chi connectivity index (χ1v) is 7.34. The third kappa shape index (κ3) is 6.47. The van der Waals surface area contributed by atoms with E-state index in [9.17, 15) is 13.2 Å². The van der Waals surface area contributed by atoms with E-state index in [1.807, 2.05) is 0 Å². The topological polar surface area (TPSA) is 144 Å². The summed E-state index contributed by atoms with van der Waals surface area (Å²) in [4.78, 5) is 11.1. The van der Waals surface area contributed by atoms with Gasteiger partial charge in [0.2, 0.25) is 0 Å². The number of carbonyl (C=O) groups excluding carboxylic acids is 1. The Hall–Kier alpha value is -2.49. The molecule has 0 radical (unpaired) electrons. The van der Waals surface area contributed by atoms with Gasteiger partial charge >= 0.3 is 16.3 Å². The van der Waals surface area contributed by atoms with Gasteiger partial charge in [0.05, 0.1) is 12.3 Å². The Morgan fingerprint density at radius 3 is 2.76 bits per heavy atom. The number of hydrogen-bond donors (Lipinski definition) is 4. The number of carbonyl (C=O) groups is 1. The standard InChI is InChI=1S/C11H16N4O5S/c1-2-19-11(16)15-21(17,18)14-8-4-3-5-9(6-8)20-7-10(12)13/h3-6,14H,2,7H2,1H3,(H3,12,13)(H,15,16). The number of hydrogen-bond acceptors (Lipinski definition) is 6. The van der Waals surface area contributed by atoms with Crippen molar-refractivity contribution in [1.29, 1.82) is 5.41 Å². The van der Waals surface area contributed by atoms with E-state index in [0.29, 0.717) is 5.75 Å². The van der Waals surface area contributed by atoms with E-state index >= 15 is 0 Å². The molecule has 0 unspecified atom stereocenters. The Balaban J connectivity index is 2.71. The molecule has 1 rings (SSSR count). The van der Waals surface area contributed by atoms with Crippen LogP contribution >= 0.6 is 0 Å². The molecule has 1 aromatic carbocycles. The van der Waals surface area contributed by atoms with Crippen LogP contribution in [0.3, 0.4) is 0 Å². The first kappa shape index (κ1) is 16.6. The minimum Gasteiger partial charge on any atom is -0.486 e. The number of anilines is 1. The van der Waals surface area contributed by atoms with Crippen LogP contribution < -0.4 is 19.9 Å². The normalized spacial score (nSPS) is 10.5. The van der Waals surface area contributed by atoms with Crippen molar-refractivity contribution in [1.82, 2.24) is 4.72 Å². The maximum absolute atomic E-state index is 11.6. The molecule has 1 aromatic rings. The van der Waals surface area contributed by atoms with Gasteiger partial charge in [-0.1, -0.05) is 6.07 Å². The van der Waals surface area contributed by atoms with Gasteiger partial charge in [-0.05, 0) is 19.1 Å². The van der Waals surface area contributed by atoms with E-state index in [1.54, 1.807) is 17.7 Å². The average molecular weight is 316 g/mol. The monoisotopic (exact) mass is 316 g/mol. The van der Waals surface area contributed by atoms with E-state index in [0.717, 1.165) is 0 Å². The van der Waals surface area contributed by atoms with Crippen LogP contribution in [-0.2, 0) is 14.9 Å². The first-order chi connectivity index (χ1) is 9.82. The summed E-state index contributed by atoms with van der Waals surface area (Å²) in [6.07, 6.45) is -1.08. The quantitative estimate of drug-likeness (QED) is 0.423. The molecule has 0 aliphatic heterocycles. The molecule has 0 aromatic heterocycles. The molecule has 0 bridgehead atoms. The lowest BCUT2D eigenvalue weighted by molar-refractivity contribution is 0.159. The molecule has 0 aliphatic carbocycles. The lowest BCUT2D eigenvalue weighted by Crippen LogP contribution is -2.35. The van der Waals surface area contributed by atoms with Crippen molar-refractivity contribution in [3.8, 4) is 5.75 Å². The highest BCUT2D eigenvalue weighted by molar-refractivity contribution is 7.91. The zero-order chi connectivity index (χ0) is 15.9. The van der Waals surface area contributed by atoms with Crippen LogP contribution in [0, 0.1) is 5.41 Å². The Morgan fingerprint density at radius 1 is 1.43 bits per heavy atom. The molecule has 1 amide bonds. The van der Waals surface area contributed by atoms with Gasteiger partial charge in [0.15, 0.2) is 0 Å². The number of rotatable bonds is 7. The molecule has 0 heterocycles. The van der Waals surface area contributed by atoms with Crippen LogP contribution in [0.5, 0.6) is 5.75 Å². The summed E-state index contributed by atoms with van der Waals surface area (Å²) < 4.78 is 36.7. The van der Waals surface area contributed by atoms with Crippen molar-refractivity contribution in [3.63, 3.8) is 0 Å². The van der Waals surface area contributed by atoms with Crippen molar-refractivity contribution in [2.75, 3.05) is 17.9 Å². The lowest BCUT2D eigenvalue weighted by Gasteiger charge is -2.10. The Kier molecular flexibility index (Phi) is 5.79. The molecular formula is C11H16N4O5S. The predicted octanol–water partition coefficient (Wildman–Crippen LogP) is 0.404. The van der Waals surface area contributed by atoms with Crippen molar-refractivity contribution >= 4 is 27.8 Å². The van der Waals surface area contributed by atoms with Gasteiger partial charge in [0.25, 0.3) is 0 Å². The summed E-state index contributed by atoms with van der Waals surface area (Å²) in [5.74, 6) is 0.159. The van der Waals surface area contributed by atoms with E-state index < -0.39 is 16.3 Å². The van der Waals surface area contributed by atoms with E-state index in [-0.39, 0.29) is 24.7 Å². The molecule has 5 N–H and O–H groups in total. The fourth-order valence-corrected chi connectivity index (χ4v) is 2.03. The van der Waals surface area contributed by atoms with Crippen LogP contribution in [0.4, 0.5) is 10.5 Å². The SMILES string of the molecule is CCOC(=O)NS(=O)(=O)Nc1cccc(OCC(=N)N)c1. The second-order valence-electron chi connectivity index (χ2n) is 3.77. The van der Waals surface area contributed by atoms with Crippen LogP contribution in [-0.4, -0.2) is 33.6 Å². The molecule has 0 saturated heterocycles. The summed E-state index contributed by atoms with van der Waals surface area (Å²) in [6.45, 7) is 1.49. The van der Waals surface area contributed by atoms with Gasteiger partial charge in [-0.15, -0.1) is 0 Å². The number of benzene rings is 1. The van der Waals surface area contributed by atoms with Gasteiger partial charge in [-0.2, -0.15) is 8.42 Å². The fraction of sp³-hybridized carbons (Fsp3) is 0.273. The van der Waals surface area contributed by atoms with Crippen LogP contribution in [0.1, 0.15) is 6.92 Å². The Morgan fingerprint density at radius 2 is 2.14 bits per heavy atom. The van der Waals surface area contributed by atoms with Gasteiger partial charge in [0, 0.05) is 6.07 Å². The minimum absolute atomic E-state index is 0.0513. The highest BCUT2D eigenvalue weighted by Gasteiger charge is 2.15. The van der Waals surface area contributed by atoms with Gasteiger partial charge in [-0.25, -0.2) is 9.52 Å². The molecular weight excluding hydrogens is 300 g/mol. The summed E-state index contributed by atoms with van der Waals surface area (Å²) in [6, 6.07) is 5.95. The summed E-state index contributed by atoms with van der Waals surface area (Å²) in [7, 11) is -4.10. The Bertz CT molecular complexity index is 617. The van der Waals surface area contributed by atoms with Crippen LogP contribution in [0.2, 0.25) is 0 Å². The van der Waals surface area contributed by atoms with Gasteiger partial charge in [0.1, 0.15) is 18.2 Å². The zero-order valence-corrected chi connectivity index (χ0v) is 12.1. The molecule has 10 heteroatoms. The molecule has 0 atom stereocenters. The summed E-state index contributed by atoms with van der Waals surface area (Å²) in [5, 5.41) is 7.04. The molecule has 0 spiro atoms. The minimum atomic E-state index is -4.10. The third-order valence-electron chi connectivity index (χ3n) is 1.97. The summed E-state index contributed by atoms with van der Waals surface area (Å²) in [5.41, 5.74) is 5.32. The number of ether oxygens (including phenoxy) is 2. The number of amidine groups is 1. The highest BCUT2D eigenvalue weighted by atomic mass is 32.2. The van der Waals surface area contributed by atoms with E-state index in [1.165, 1.54) is 18.2 Å². The number of nitrogens with two attached hydrogens (primary N) is 1. The number of amides is 1. The largest absolute Gasteiger partial charge is 0.486 e. The zero-order valence-electron chi connectivity index (χ0n) is 11.3. The van der Waals surface area contributed by atoms with Crippen LogP contribution in [0.15, 0.2) is 24.3 Å². The first-order valence-electron chi connectivity index (χ1n) is 5.85. The molecule has 0 saturated carbocycles. The van der Waals surface area contributed by atoms with Gasteiger partial charge in [-0.3, -0.25) is 10.1 Å². The third-order valence-corrected chi connectivity index (χ3v) is 2.91. The highest BCUT2D eigenvalue weighted by Crippen LogP contribution is 2.18.